The molecule has 0 unspecified atom stereocenters. The fraction of sp³-hybridized carbons (Fsp3) is 0.133. The third-order valence-electron chi connectivity index (χ3n) is 2.93. The summed E-state index contributed by atoms with van der Waals surface area (Å²) < 4.78 is 10.9. The number of para-hydroxylation sites is 1. The lowest BCUT2D eigenvalue weighted by molar-refractivity contribution is 0.0998. The van der Waals surface area contributed by atoms with E-state index in [0.29, 0.717) is 22.7 Å². The summed E-state index contributed by atoms with van der Waals surface area (Å²) in [6, 6.07) is 9.70. The molecule has 6 nitrogen and oxygen atoms in total. The van der Waals surface area contributed by atoms with Crippen molar-refractivity contribution in [1.82, 2.24) is 0 Å². The van der Waals surface area contributed by atoms with Gasteiger partial charge < -0.3 is 26.0 Å². The van der Waals surface area contributed by atoms with Crippen LogP contribution in [-0.2, 0) is 6.61 Å². The molecule has 110 valence electrons. The lowest BCUT2D eigenvalue weighted by Gasteiger charge is -2.14. The largest absolute Gasteiger partial charge is 0.493 e. The molecule has 0 aromatic heterocycles. The number of nitrogen functional groups attached to an aromatic ring is 1. The summed E-state index contributed by atoms with van der Waals surface area (Å²) in [6.45, 7) is -0.114. The van der Waals surface area contributed by atoms with Crippen molar-refractivity contribution < 1.29 is 19.4 Å². The predicted octanol–water partition coefficient (Wildman–Crippen LogP) is 1.66. The van der Waals surface area contributed by atoms with Crippen molar-refractivity contribution in [3.8, 4) is 17.2 Å². The highest BCUT2D eigenvalue weighted by atomic mass is 16.5. The van der Waals surface area contributed by atoms with Crippen LogP contribution in [0.3, 0.4) is 0 Å². The van der Waals surface area contributed by atoms with Crippen molar-refractivity contribution in [3.63, 3.8) is 0 Å². The van der Waals surface area contributed by atoms with E-state index in [1.807, 2.05) is 0 Å². The van der Waals surface area contributed by atoms with E-state index in [1.165, 1.54) is 13.2 Å². The molecule has 0 atom stereocenters. The van der Waals surface area contributed by atoms with Gasteiger partial charge in [0.25, 0.3) is 5.91 Å². The molecule has 0 saturated heterocycles. The van der Waals surface area contributed by atoms with Crippen LogP contribution in [0.5, 0.6) is 17.2 Å². The zero-order chi connectivity index (χ0) is 15.4. The van der Waals surface area contributed by atoms with Gasteiger partial charge in [-0.25, -0.2) is 0 Å². The molecule has 2 aromatic rings. The first-order valence-corrected chi connectivity index (χ1v) is 6.20. The summed E-state index contributed by atoms with van der Waals surface area (Å²) in [5, 5.41) is 9.12. The van der Waals surface area contributed by atoms with Gasteiger partial charge in [-0.15, -0.1) is 0 Å². The quantitative estimate of drug-likeness (QED) is 0.725. The van der Waals surface area contributed by atoms with Crippen LogP contribution in [0.4, 0.5) is 5.69 Å². The zero-order valence-corrected chi connectivity index (χ0v) is 11.5. The van der Waals surface area contributed by atoms with Crippen LogP contribution < -0.4 is 20.9 Å². The standard InChI is InChI=1S/C15H16N2O4/c1-20-13-7-9(8-18)5-6-12(13)21-14-10(15(17)19)3-2-4-11(14)16/h2-7,18H,8,16H2,1H3,(H2,17,19). The average Bonchev–Trinajstić information content (AvgIpc) is 2.49. The number of methoxy groups -OCH3 is 1. The first kappa shape index (κ1) is 14.7. The van der Waals surface area contributed by atoms with Gasteiger partial charge >= 0.3 is 0 Å². The molecule has 0 aliphatic rings. The van der Waals surface area contributed by atoms with Crippen LogP contribution in [0.15, 0.2) is 36.4 Å². The molecular formula is C15H16N2O4. The molecule has 5 N–H and O–H groups in total. The van der Waals surface area contributed by atoms with Crippen LogP contribution in [-0.4, -0.2) is 18.1 Å². The number of amides is 1. The average molecular weight is 288 g/mol. The number of aliphatic hydroxyl groups excluding tert-OH is 1. The predicted molar refractivity (Wildman–Crippen MR) is 78.4 cm³/mol. The van der Waals surface area contributed by atoms with E-state index in [4.69, 9.17) is 26.0 Å². The van der Waals surface area contributed by atoms with Gasteiger partial charge in [0.15, 0.2) is 17.2 Å². The van der Waals surface area contributed by atoms with Gasteiger partial charge in [0.2, 0.25) is 0 Å². The summed E-state index contributed by atoms with van der Waals surface area (Å²) in [7, 11) is 1.48. The maximum atomic E-state index is 11.4. The van der Waals surface area contributed by atoms with E-state index in [1.54, 1.807) is 30.3 Å². The van der Waals surface area contributed by atoms with E-state index in [0.717, 1.165) is 0 Å². The number of carbonyl (C=O) groups excluding carboxylic acids is 1. The zero-order valence-electron chi connectivity index (χ0n) is 11.5. The number of primary amides is 1. The number of rotatable bonds is 5. The number of nitrogens with two attached hydrogens (primary N) is 2. The summed E-state index contributed by atoms with van der Waals surface area (Å²) in [6.07, 6.45) is 0. The number of ether oxygens (including phenoxy) is 2. The van der Waals surface area contributed by atoms with E-state index in [-0.39, 0.29) is 17.9 Å². The molecule has 2 aromatic carbocycles. The van der Waals surface area contributed by atoms with Gasteiger partial charge in [0, 0.05) is 0 Å². The Bertz CT molecular complexity index is 671. The number of aliphatic hydroxyl groups is 1. The first-order chi connectivity index (χ1) is 10.1. The van der Waals surface area contributed by atoms with Gasteiger partial charge in [-0.1, -0.05) is 12.1 Å². The van der Waals surface area contributed by atoms with Crippen LogP contribution in [0.2, 0.25) is 0 Å². The Morgan fingerprint density at radius 2 is 2.00 bits per heavy atom. The van der Waals surface area contributed by atoms with Gasteiger partial charge in [-0.05, 0) is 29.8 Å². The second kappa shape index (κ2) is 6.15. The number of hydrogen-bond donors (Lipinski definition) is 3. The third kappa shape index (κ3) is 3.06. The number of carbonyl (C=O) groups is 1. The molecule has 0 radical (unpaired) electrons. The molecule has 1 amide bonds. The second-order valence-corrected chi connectivity index (χ2v) is 4.33. The molecule has 0 bridgehead atoms. The molecule has 0 spiro atoms. The maximum Gasteiger partial charge on any atom is 0.252 e. The molecule has 0 aliphatic heterocycles. The smallest absolute Gasteiger partial charge is 0.252 e. The maximum absolute atomic E-state index is 11.4. The Kier molecular flexibility index (Phi) is 4.30. The molecule has 0 heterocycles. The van der Waals surface area contributed by atoms with Crippen molar-refractivity contribution in [1.29, 1.82) is 0 Å². The van der Waals surface area contributed by atoms with E-state index in [2.05, 4.69) is 0 Å². The monoisotopic (exact) mass is 288 g/mol. The Morgan fingerprint density at radius 3 is 2.62 bits per heavy atom. The fourth-order valence-corrected chi connectivity index (χ4v) is 1.87. The summed E-state index contributed by atoms with van der Waals surface area (Å²) in [4.78, 5) is 11.4. The second-order valence-electron chi connectivity index (χ2n) is 4.33. The van der Waals surface area contributed by atoms with Gasteiger partial charge in [0.1, 0.15) is 0 Å². The normalized spacial score (nSPS) is 10.2. The summed E-state index contributed by atoms with van der Waals surface area (Å²) in [5.74, 6) is 0.332. The Balaban J connectivity index is 2.45. The third-order valence-corrected chi connectivity index (χ3v) is 2.93. The Labute approximate surface area is 121 Å². The van der Waals surface area contributed by atoms with Gasteiger partial charge in [0.05, 0.1) is 25.0 Å². The van der Waals surface area contributed by atoms with Crippen molar-refractivity contribution in [2.75, 3.05) is 12.8 Å². The van der Waals surface area contributed by atoms with Crippen molar-refractivity contribution in [3.05, 3.63) is 47.5 Å². The number of anilines is 1. The molecular weight excluding hydrogens is 272 g/mol. The minimum Gasteiger partial charge on any atom is -0.493 e. The fourth-order valence-electron chi connectivity index (χ4n) is 1.87. The molecule has 6 heteroatoms. The van der Waals surface area contributed by atoms with Crippen LogP contribution >= 0.6 is 0 Å². The number of benzene rings is 2. The Morgan fingerprint density at radius 1 is 1.24 bits per heavy atom. The van der Waals surface area contributed by atoms with Crippen LogP contribution in [0.1, 0.15) is 15.9 Å². The van der Waals surface area contributed by atoms with Crippen molar-refractivity contribution in [2.24, 2.45) is 5.73 Å². The summed E-state index contributed by atoms with van der Waals surface area (Å²) >= 11 is 0. The lowest BCUT2D eigenvalue weighted by atomic mass is 10.1. The number of hydrogen-bond acceptors (Lipinski definition) is 5. The van der Waals surface area contributed by atoms with E-state index in [9.17, 15) is 4.79 Å². The minimum absolute atomic E-state index is 0.114. The van der Waals surface area contributed by atoms with Crippen LogP contribution in [0, 0.1) is 0 Å². The van der Waals surface area contributed by atoms with Crippen molar-refractivity contribution >= 4 is 11.6 Å². The summed E-state index contributed by atoms with van der Waals surface area (Å²) in [5.41, 5.74) is 12.3. The first-order valence-electron chi connectivity index (χ1n) is 6.20. The Hall–Kier alpha value is -2.73. The van der Waals surface area contributed by atoms with Gasteiger partial charge in [-0.3, -0.25) is 4.79 Å². The lowest BCUT2D eigenvalue weighted by Crippen LogP contribution is -2.13. The van der Waals surface area contributed by atoms with Gasteiger partial charge in [-0.2, -0.15) is 0 Å². The topological polar surface area (TPSA) is 108 Å². The highest BCUT2D eigenvalue weighted by Crippen LogP contribution is 2.36. The van der Waals surface area contributed by atoms with E-state index < -0.39 is 5.91 Å². The molecule has 2 rings (SSSR count). The molecule has 0 fully saturated rings. The molecule has 0 aliphatic carbocycles. The minimum atomic E-state index is -0.636. The van der Waals surface area contributed by atoms with E-state index >= 15 is 0 Å². The molecule has 21 heavy (non-hydrogen) atoms. The van der Waals surface area contributed by atoms with Crippen LogP contribution in [0.25, 0.3) is 0 Å². The highest BCUT2D eigenvalue weighted by molar-refractivity contribution is 5.97. The highest BCUT2D eigenvalue weighted by Gasteiger charge is 2.15. The van der Waals surface area contributed by atoms with Crippen molar-refractivity contribution in [2.45, 2.75) is 6.61 Å². The molecule has 0 saturated carbocycles. The SMILES string of the molecule is COc1cc(CO)ccc1Oc1c(N)cccc1C(N)=O.